The van der Waals surface area contributed by atoms with Crippen LogP contribution in [0, 0.1) is 0 Å². The molecule has 1 heterocycles. The minimum Gasteiger partial charge on any atom is -0.497 e. The molecular formula is C18H17Cl2N3OS. The zero-order valence-corrected chi connectivity index (χ0v) is 16.1. The molecule has 130 valence electrons. The van der Waals surface area contributed by atoms with Gasteiger partial charge >= 0.3 is 0 Å². The fraction of sp³-hybridized carbons (Fsp3) is 0.222. The van der Waals surface area contributed by atoms with E-state index in [4.69, 9.17) is 45.3 Å². The lowest BCUT2D eigenvalue weighted by Gasteiger charge is -2.24. The maximum Gasteiger partial charge on any atom is 0.189 e. The van der Waals surface area contributed by atoms with E-state index in [1.165, 1.54) is 0 Å². The van der Waals surface area contributed by atoms with E-state index in [-0.39, 0.29) is 6.04 Å². The minimum atomic E-state index is -0.0307. The summed E-state index contributed by atoms with van der Waals surface area (Å²) in [6.45, 7) is 0. The van der Waals surface area contributed by atoms with Gasteiger partial charge < -0.3 is 10.1 Å². The van der Waals surface area contributed by atoms with Crippen LogP contribution in [0.15, 0.2) is 47.6 Å². The maximum atomic E-state index is 6.36. The molecule has 0 spiro atoms. The number of halogens is 2. The number of nitrogens with one attached hydrogen (secondary N) is 1. The van der Waals surface area contributed by atoms with E-state index < -0.39 is 0 Å². The Labute approximate surface area is 162 Å². The Kier molecular flexibility index (Phi) is 5.47. The Hall–Kier alpha value is -1.82. The molecule has 0 radical (unpaired) electrons. The van der Waals surface area contributed by atoms with Gasteiger partial charge in [0, 0.05) is 24.1 Å². The third kappa shape index (κ3) is 3.73. The zero-order valence-electron chi connectivity index (χ0n) is 13.8. The summed E-state index contributed by atoms with van der Waals surface area (Å²) in [5.74, 6) is 0.797. The fourth-order valence-corrected chi connectivity index (χ4v) is 3.49. The Balaban J connectivity index is 1.99. The first kappa shape index (κ1) is 18.0. The number of methoxy groups -OCH3 is 1. The van der Waals surface area contributed by atoms with Crippen LogP contribution in [0.2, 0.25) is 10.0 Å². The molecule has 0 fully saturated rings. The quantitative estimate of drug-likeness (QED) is 0.769. The van der Waals surface area contributed by atoms with E-state index in [2.05, 4.69) is 5.32 Å². The molecule has 0 amide bonds. The van der Waals surface area contributed by atoms with Crippen molar-refractivity contribution in [2.75, 3.05) is 14.2 Å². The van der Waals surface area contributed by atoms with Crippen molar-refractivity contribution in [1.82, 2.24) is 10.3 Å². The van der Waals surface area contributed by atoms with Crippen molar-refractivity contribution in [3.63, 3.8) is 0 Å². The van der Waals surface area contributed by atoms with Crippen molar-refractivity contribution >= 4 is 46.2 Å². The molecule has 3 rings (SSSR count). The normalized spacial score (nSPS) is 16.6. The van der Waals surface area contributed by atoms with Gasteiger partial charge in [-0.15, -0.1) is 0 Å². The molecule has 2 aromatic rings. The molecule has 1 N–H and O–H groups in total. The highest BCUT2D eigenvalue weighted by Crippen LogP contribution is 2.36. The van der Waals surface area contributed by atoms with Crippen LogP contribution >= 0.6 is 35.4 Å². The molecule has 0 aromatic heterocycles. The van der Waals surface area contributed by atoms with E-state index >= 15 is 0 Å². The van der Waals surface area contributed by atoms with Gasteiger partial charge in [-0.25, -0.2) is 5.01 Å². The second kappa shape index (κ2) is 7.60. The van der Waals surface area contributed by atoms with Crippen LogP contribution in [-0.2, 0) is 0 Å². The van der Waals surface area contributed by atoms with Gasteiger partial charge in [-0.3, -0.25) is 0 Å². The van der Waals surface area contributed by atoms with Gasteiger partial charge in [-0.1, -0.05) is 41.4 Å². The molecule has 25 heavy (non-hydrogen) atoms. The number of hydrogen-bond donors (Lipinski definition) is 1. The average molecular weight is 394 g/mol. The van der Waals surface area contributed by atoms with Crippen molar-refractivity contribution in [2.24, 2.45) is 5.10 Å². The smallest absolute Gasteiger partial charge is 0.189 e. The van der Waals surface area contributed by atoms with E-state index in [1.54, 1.807) is 20.2 Å². The van der Waals surface area contributed by atoms with E-state index in [0.717, 1.165) is 22.6 Å². The van der Waals surface area contributed by atoms with Gasteiger partial charge in [-0.05, 0) is 42.0 Å². The third-order valence-corrected chi connectivity index (χ3v) is 4.99. The van der Waals surface area contributed by atoms with Crippen molar-refractivity contribution in [3.05, 3.63) is 63.6 Å². The summed E-state index contributed by atoms with van der Waals surface area (Å²) in [6, 6.07) is 13.3. The lowest BCUT2D eigenvalue weighted by molar-refractivity contribution is 0.363. The van der Waals surface area contributed by atoms with Crippen molar-refractivity contribution < 1.29 is 4.74 Å². The Bertz CT molecular complexity index is 841. The molecule has 0 saturated heterocycles. The number of rotatable bonds is 3. The average Bonchev–Trinajstić information content (AvgIpc) is 3.06. The van der Waals surface area contributed by atoms with E-state index in [9.17, 15) is 0 Å². The van der Waals surface area contributed by atoms with Gasteiger partial charge in [0.15, 0.2) is 5.11 Å². The first-order chi connectivity index (χ1) is 12.0. The molecule has 2 aromatic carbocycles. The number of hydrazone groups is 1. The van der Waals surface area contributed by atoms with E-state index in [1.807, 2.05) is 41.4 Å². The van der Waals surface area contributed by atoms with Crippen molar-refractivity contribution in [1.29, 1.82) is 0 Å². The highest BCUT2D eigenvalue weighted by atomic mass is 35.5. The predicted octanol–water partition coefficient (Wildman–Crippen LogP) is 4.66. The molecule has 1 aliphatic heterocycles. The molecule has 4 nitrogen and oxygen atoms in total. The summed E-state index contributed by atoms with van der Waals surface area (Å²) < 4.78 is 5.34. The van der Waals surface area contributed by atoms with Crippen LogP contribution in [0.25, 0.3) is 0 Å². The van der Waals surface area contributed by atoms with Gasteiger partial charge in [0.2, 0.25) is 0 Å². The minimum absolute atomic E-state index is 0.0307. The van der Waals surface area contributed by atoms with Crippen LogP contribution in [0.1, 0.15) is 23.6 Å². The van der Waals surface area contributed by atoms with Gasteiger partial charge in [0.25, 0.3) is 0 Å². The molecule has 0 aliphatic carbocycles. The maximum absolute atomic E-state index is 6.36. The zero-order chi connectivity index (χ0) is 18.0. The number of hydrogen-bond acceptors (Lipinski definition) is 3. The third-order valence-electron chi connectivity index (χ3n) is 4.05. The summed E-state index contributed by atoms with van der Waals surface area (Å²) >= 11 is 17.8. The number of nitrogens with zero attached hydrogens (tertiary/aromatic N) is 2. The highest BCUT2D eigenvalue weighted by Gasteiger charge is 2.32. The second-order valence-corrected chi connectivity index (χ2v) is 6.80. The van der Waals surface area contributed by atoms with Gasteiger partial charge in [0.05, 0.1) is 23.9 Å². The summed E-state index contributed by atoms with van der Waals surface area (Å²) in [5.41, 5.74) is 2.80. The first-order valence-corrected chi connectivity index (χ1v) is 8.87. The summed E-state index contributed by atoms with van der Waals surface area (Å²) in [7, 11) is 3.44. The van der Waals surface area contributed by atoms with Crippen LogP contribution in [0.3, 0.4) is 0 Å². The molecular weight excluding hydrogens is 377 g/mol. The molecule has 7 heteroatoms. The van der Waals surface area contributed by atoms with Crippen LogP contribution in [0.5, 0.6) is 5.75 Å². The number of thiocarbonyl (C=S) groups is 1. The predicted molar refractivity (Wildman–Crippen MR) is 107 cm³/mol. The summed E-state index contributed by atoms with van der Waals surface area (Å²) in [5, 5.41) is 11.2. The molecule has 1 unspecified atom stereocenters. The SMILES string of the molecule is CNC(=S)N1N=C(c2ccc(Cl)cc2Cl)CC1c1cccc(OC)c1. The number of benzene rings is 2. The molecule has 0 bridgehead atoms. The standard InChI is InChI=1S/C18H17Cl2N3OS/c1-21-18(25)23-17(11-4-3-5-13(8-11)24-2)10-16(22-23)14-7-6-12(19)9-15(14)20/h3-9,17H,10H2,1-2H3,(H,21,25). The summed E-state index contributed by atoms with van der Waals surface area (Å²) in [4.78, 5) is 0. The first-order valence-electron chi connectivity index (χ1n) is 7.71. The second-order valence-electron chi connectivity index (χ2n) is 5.57. The van der Waals surface area contributed by atoms with Gasteiger partial charge in [0.1, 0.15) is 5.75 Å². The fourth-order valence-electron chi connectivity index (χ4n) is 2.81. The van der Waals surface area contributed by atoms with Crippen molar-refractivity contribution in [3.8, 4) is 5.75 Å². The monoisotopic (exact) mass is 393 g/mol. The summed E-state index contributed by atoms with van der Waals surface area (Å²) in [6.07, 6.45) is 0.677. The molecule has 1 atom stereocenters. The van der Waals surface area contributed by atoms with Crippen LogP contribution in [-0.4, -0.2) is 30.0 Å². The van der Waals surface area contributed by atoms with Crippen LogP contribution in [0.4, 0.5) is 0 Å². The Morgan fingerprint density at radius 1 is 1.28 bits per heavy atom. The van der Waals surface area contributed by atoms with Crippen molar-refractivity contribution in [2.45, 2.75) is 12.5 Å². The number of ether oxygens (including phenoxy) is 1. The lowest BCUT2D eigenvalue weighted by Crippen LogP contribution is -2.34. The largest absolute Gasteiger partial charge is 0.497 e. The van der Waals surface area contributed by atoms with E-state index in [0.29, 0.717) is 21.6 Å². The Morgan fingerprint density at radius 2 is 2.08 bits per heavy atom. The topological polar surface area (TPSA) is 36.9 Å². The molecule has 0 saturated carbocycles. The Morgan fingerprint density at radius 3 is 2.76 bits per heavy atom. The highest BCUT2D eigenvalue weighted by molar-refractivity contribution is 7.80. The molecule has 1 aliphatic rings. The lowest BCUT2D eigenvalue weighted by atomic mass is 9.98. The van der Waals surface area contributed by atoms with Gasteiger partial charge in [-0.2, -0.15) is 5.10 Å². The van der Waals surface area contributed by atoms with Crippen LogP contribution < -0.4 is 10.1 Å².